The van der Waals surface area contributed by atoms with Gasteiger partial charge in [0.15, 0.2) is 0 Å². The van der Waals surface area contributed by atoms with Crippen LogP contribution in [-0.2, 0) is 0 Å². The summed E-state index contributed by atoms with van der Waals surface area (Å²) in [6.45, 7) is 10.6. The number of nitrogens with zero attached hydrogens (tertiary/aromatic N) is 1. The molecule has 1 nitrogen and oxygen atoms in total. The zero-order valence-electron chi connectivity index (χ0n) is 11.5. The molecular formula is C16H18ClNS. The van der Waals surface area contributed by atoms with E-state index in [-0.39, 0.29) is 5.41 Å². The number of hydrogen-bond acceptors (Lipinski definition) is 2. The van der Waals surface area contributed by atoms with Crippen molar-refractivity contribution in [1.29, 1.82) is 0 Å². The maximum Gasteiger partial charge on any atom is 0.105 e. The molecule has 0 atom stereocenters. The summed E-state index contributed by atoms with van der Waals surface area (Å²) in [5.41, 5.74) is 4.99. The number of hydrogen-bond donors (Lipinski definition) is 0. The van der Waals surface area contributed by atoms with Gasteiger partial charge in [-0.05, 0) is 41.4 Å². The summed E-state index contributed by atoms with van der Waals surface area (Å²) in [6.07, 6.45) is 0.882. The van der Waals surface area contributed by atoms with Crippen molar-refractivity contribution in [2.45, 2.75) is 27.2 Å². The van der Waals surface area contributed by atoms with Gasteiger partial charge < -0.3 is 0 Å². The van der Waals surface area contributed by atoms with E-state index >= 15 is 0 Å². The fourth-order valence-corrected chi connectivity index (χ4v) is 3.13. The van der Waals surface area contributed by atoms with Crippen LogP contribution < -0.4 is 0 Å². The molecule has 2 rings (SSSR count). The van der Waals surface area contributed by atoms with Crippen LogP contribution in [0.15, 0.2) is 51.9 Å². The third kappa shape index (κ3) is 3.31. The summed E-state index contributed by atoms with van der Waals surface area (Å²) in [4.78, 5) is 5.83. The lowest BCUT2D eigenvalue weighted by atomic mass is 9.85. The Bertz CT molecular complexity index is 553. The van der Waals surface area contributed by atoms with E-state index in [0.29, 0.717) is 0 Å². The highest BCUT2D eigenvalue weighted by Gasteiger charge is 2.32. The van der Waals surface area contributed by atoms with Crippen molar-refractivity contribution in [3.05, 3.63) is 52.4 Å². The molecule has 0 radical (unpaired) electrons. The zero-order valence-corrected chi connectivity index (χ0v) is 13.1. The maximum atomic E-state index is 5.96. The second-order valence-electron chi connectivity index (χ2n) is 5.47. The molecule has 0 saturated carbocycles. The highest BCUT2D eigenvalue weighted by molar-refractivity contribution is 8.17. The van der Waals surface area contributed by atoms with Crippen molar-refractivity contribution in [3.63, 3.8) is 0 Å². The van der Waals surface area contributed by atoms with Crippen molar-refractivity contribution in [2.75, 3.05) is 0 Å². The van der Waals surface area contributed by atoms with Gasteiger partial charge in [0, 0.05) is 5.54 Å². The number of benzene rings is 1. The Balaban J connectivity index is 2.33. The van der Waals surface area contributed by atoms with E-state index in [9.17, 15) is 0 Å². The average molecular weight is 292 g/mol. The molecule has 0 amide bonds. The van der Waals surface area contributed by atoms with Crippen molar-refractivity contribution in [1.82, 2.24) is 0 Å². The lowest BCUT2D eigenvalue weighted by molar-refractivity contribution is 0.472. The van der Waals surface area contributed by atoms with E-state index in [2.05, 4.69) is 39.5 Å². The molecule has 1 aromatic rings. The summed E-state index contributed by atoms with van der Waals surface area (Å²) >= 11 is 7.58. The van der Waals surface area contributed by atoms with Gasteiger partial charge in [0.25, 0.3) is 0 Å². The van der Waals surface area contributed by atoms with E-state index in [1.165, 1.54) is 5.56 Å². The van der Waals surface area contributed by atoms with Crippen LogP contribution in [0.2, 0.25) is 0 Å². The van der Waals surface area contributed by atoms with Gasteiger partial charge in [-0.1, -0.05) is 61.5 Å². The molecule has 0 aliphatic carbocycles. The molecule has 0 unspecified atom stereocenters. The minimum absolute atomic E-state index is 0.0671. The van der Waals surface area contributed by atoms with Crippen LogP contribution >= 0.6 is 23.4 Å². The van der Waals surface area contributed by atoms with Crippen LogP contribution in [0, 0.1) is 12.3 Å². The summed E-state index contributed by atoms with van der Waals surface area (Å²) in [5.74, 6) is 0. The topological polar surface area (TPSA) is 12.4 Å². The van der Waals surface area contributed by atoms with Crippen LogP contribution in [0.3, 0.4) is 0 Å². The second-order valence-corrected chi connectivity index (χ2v) is 6.77. The third-order valence-corrected chi connectivity index (χ3v) is 4.89. The molecule has 1 fully saturated rings. The van der Waals surface area contributed by atoms with Gasteiger partial charge in [-0.15, -0.1) is 0 Å². The van der Waals surface area contributed by atoms with Gasteiger partial charge in [0.1, 0.15) is 5.04 Å². The van der Waals surface area contributed by atoms with Gasteiger partial charge >= 0.3 is 0 Å². The molecule has 19 heavy (non-hydrogen) atoms. The number of aliphatic imine (C=N–C) groups is 1. The molecule has 100 valence electrons. The monoisotopic (exact) mass is 291 g/mol. The quantitative estimate of drug-likeness (QED) is 0.634. The lowest BCUT2D eigenvalue weighted by Crippen LogP contribution is -2.22. The first-order valence-corrected chi connectivity index (χ1v) is 7.50. The molecule has 1 aliphatic rings. The highest BCUT2D eigenvalue weighted by atomic mass is 35.5. The summed E-state index contributed by atoms with van der Waals surface area (Å²) in [7, 11) is 0. The lowest BCUT2D eigenvalue weighted by Gasteiger charge is -2.33. The predicted octanol–water partition coefficient (Wildman–Crippen LogP) is 5.82. The Morgan fingerprint density at radius 1 is 1.32 bits per heavy atom. The van der Waals surface area contributed by atoms with Gasteiger partial charge in [-0.25, -0.2) is 4.99 Å². The molecule has 3 heteroatoms. The molecule has 1 aromatic carbocycles. The maximum absolute atomic E-state index is 5.96. The number of halogens is 1. The van der Waals surface area contributed by atoms with E-state index in [4.69, 9.17) is 16.6 Å². The van der Waals surface area contributed by atoms with E-state index in [1.54, 1.807) is 17.3 Å². The first kappa shape index (κ1) is 14.4. The first-order chi connectivity index (χ1) is 8.92. The standard InChI is InChI=1S/C16H18ClNS/c1-11-5-7-14(8-6-11)18-15-13(10-17)9-16(3,4)12(2)19-15/h5-8,10H,2,9H2,1,3-4H3/b13-10+,18-15-. The van der Waals surface area contributed by atoms with Crippen LogP contribution in [0.5, 0.6) is 0 Å². The van der Waals surface area contributed by atoms with Gasteiger partial charge in [0.05, 0.1) is 5.69 Å². The Morgan fingerprint density at radius 3 is 2.53 bits per heavy atom. The van der Waals surface area contributed by atoms with Crippen LogP contribution in [-0.4, -0.2) is 5.04 Å². The molecule has 0 N–H and O–H groups in total. The normalized spacial score (nSPS) is 23.1. The molecule has 1 saturated heterocycles. The van der Waals surface area contributed by atoms with E-state index in [1.807, 2.05) is 12.1 Å². The fraction of sp³-hybridized carbons (Fsp3) is 0.312. The predicted molar refractivity (Wildman–Crippen MR) is 87.3 cm³/mol. The Kier molecular flexibility index (Phi) is 4.22. The van der Waals surface area contributed by atoms with E-state index in [0.717, 1.165) is 27.6 Å². The molecule has 0 bridgehead atoms. The minimum atomic E-state index is 0.0671. The second kappa shape index (κ2) is 5.56. The fourth-order valence-electron chi connectivity index (χ4n) is 1.89. The number of aryl methyl sites for hydroxylation is 1. The number of thioether (sulfide) groups is 1. The van der Waals surface area contributed by atoms with Crippen LogP contribution in [0.1, 0.15) is 25.8 Å². The van der Waals surface area contributed by atoms with Gasteiger partial charge in [-0.2, -0.15) is 0 Å². The molecular weight excluding hydrogens is 274 g/mol. The van der Waals surface area contributed by atoms with Crippen molar-refractivity contribution in [2.24, 2.45) is 10.4 Å². The molecule has 0 spiro atoms. The number of allylic oxidation sites excluding steroid dienone is 1. The highest BCUT2D eigenvalue weighted by Crippen LogP contribution is 2.47. The van der Waals surface area contributed by atoms with Crippen molar-refractivity contribution >= 4 is 34.1 Å². The summed E-state index contributed by atoms with van der Waals surface area (Å²) < 4.78 is 0. The largest absolute Gasteiger partial charge is 0.241 e. The Labute approximate surface area is 124 Å². The van der Waals surface area contributed by atoms with Crippen LogP contribution in [0.4, 0.5) is 5.69 Å². The Morgan fingerprint density at radius 2 is 1.95 bits per heavy atom. The van der Waals surface area contributed by atoms with Crippen LogP contribution in [0.25, 0.3) is 0 Å². The smallest absolute Gasteiger partial charge is 0.105 e. The zero-order chi connectivity index (χ0) is 14.0. The first-order valence-electron chi connectivity index (χ1n) is 6.24. The third-order valence-electron chi connectivity index (χ3n) is 3.28. The number of rotatable bonds is 1. The van der Waals surface area contributed by atoms with Crippen molar-refractivity contribution < 1.29 is 0 Å². The van der Waals surface area contributed by atoms with Crippen molar-refractivity contribution in [3.8, 4) is 0 Å². The average Bonchev–Trinajstić information content (AvgIpc) is 2.36. The Hall–Kier alpha value is -0.990. The van der Waals surface area contributed by atoms with Gasteiger partial charge in [-0.3, -0.25) is 0 Å². The minimum Gasteiger partial charge on any atom is -0.241 e. The SMILES string of the molecule is C=C1SC(=N\c2ccc(C)cc2)/C(=C/Cl)CC1(C)C. The molecule has 1 heterocycles. The summed E-state index contributed by atoms with van der Waals surface area (Å²) in [5, 5.41) is 0.961. The molecule has 1 aliphatic heterocycles. The van der Waals surface area contributed by atoms with E-state index < -0.39 is 0 Å². The summed E-state index contributed by atoms with van der Waals surface area (Å²) in [6, 6.07) is 8.18. The molecule has 0 aromatic heterocycles. The van der Waals surface area contributed by atoms with Gasteiger partial charge in [0.2, 0.25) is 0 Å².